The molecule has 2 aromatic rings. The van der Waals surface area contributed by atoms with Gasteiger partial charge in [0, 0.05) is 12.2 Å². The average Bonchev–Trinajstić information content (AvgIpc) is 2.96. The molecule has 3 N–H and O–H groups in total. The summed E-state index contributed by atoms with van der Waals surface area (Å²) in [5.41, 5.74) is 1.80. The van der Waals surface area contributed by atoms with Crippen LogP contribution in [0, 0.1) is 13.8 Å². The van der Waals surface area contributed by atoms with Gasteiger partial charge in [0.2, 0.25) is 11.1 Å². The molecule has 9 heteroatoms. The topological polar surface area (TPSA) is 104 Å². The standard InChI is InChI=1S/C12H19N7OS/c1-4-5-14-10(20)7-21-12-16-15-11(18(12)13)19-9(3)6-8(2)17-19/h6H,4-5,7,13H2,1-3H3,(H,14,20). The molecule has 1 amide bonds. The van der Waals surface area contributed by atoms with Crippen LogP contribution in [0.2, 0.25) is 0 Å². The number of aromatic nitrogens is 5. The molecule has 0 spiro atoms. The molecule has 2 aromatic heterocycles. The number of carbonyl (C=O) groups excluding carboxylic acids is 1. The number of amides is 1. The van der Waals surface area contributed by atoms with Crippen molar-refractivity contribution < 1.29 is 4.79 Å². The zero-order valence-electron chi connectivity index (χ0n) is 12.3. The SMILES string of the molecule is CCCNC(=O)CSc1nnc(-n2nc(C)cc2C)n1N. The van der Waals surface area contributed by atoms with Crippen molar-refractivity contribution in [3.63, 3.8) is 0 Å². The summed E-state index contributed by atoms with van der Waals surface area (Å²) in [6, 6.07) is 1.93. The summed E-state index contributed by atoms with van der Waals surface area (Å²) >= 11 is 1.24. The van der Waals surface area contributed by atoms with Gasteiger partial charge in [-0.25, -0.2) is 9.36 Å². The summed E-state index contributed by atoms with van der Waals surface area (Å²) in [6.07, 6.45) is 0.908. The molecule has 0 aliphatic rings. The van der Waals surface area contributed by atoms with E-state index < -0.39 is 0 Å². The van der Waals surface area contributed by atoms with Crippen LogP contribution in [-0.4, -0.2) is 42.9 Å². The molecular formula is C12H19N7OS. The molecular weight excluding hydrogens is 290 g/mol. The molecule has 2 heterocycles. The van der Waals surface area contributed by atoms with Gasteiger partial charge in [0.25, 0.3) is 5.95 Å². The van der Waals surface area contributed by atoms with Crippen LogP contribution < -0.4 is 11.2 Å². The van der Waals surface area contributed by atoms with Crippen molar-refractivity contribution in [2.45, 2.75) is 32.3 Å². The number of thioether (sulfide) groups is 1. The molecule has 114 valence electrons. The molecule has 0 atom stereocenters. The monoisotopic (exact) mass is 309 g/mol. The first kappa shape index (κ1) is 15.4. The van der Waals surface area contributed by atoms with Gasteiger partial charge in [-0.1, -0.05) is 18.7 Å². The number of nitrogens with one attached hydrogen (secondary N) is 1. The van der Waals surface area contributed by atoms with Gasteiger partial charge in [0.1, 0.15) is 0 Å². The molecule has 0 aromatic carbocycles. The lowest BCUT2D eigenvalue weighted by Crippen LogP contribution is -2.26. The molecule has 0 aliphatic carbocycles. The van der Waals surface area contributed by atoms with Crippen molar-refractivity contribution in [3.8, 4) is 5.95 Å². The first-order chi connectivity index (χ1) is 10.0. The van der Waals surface area contributed by atoms with Gasteiger partial charge in [0.15, 0.2) is 0 Å². The minimum Gasteiger partial charge on any atom is -0.355 e. The third-order valence-corrected chi connectivity index (χ3v) is 3.69. The Morgan fingerprint density at radius 3 is 2.81 bits per heavy atom. The summed E-state index contributed by atoms with van der Waals surface area (Å²) in [4.78, 5) is 11.6. The highest BCUT2D eigenvalue weighted by atomic mass is 32.2. The quantitative estimate of drug-likeness (QED) is 0.592. The van der Waals surface area contributed by atoms with Crippen molar-refractivity contribution in [3.05, 3.63) is 17.5 Å². The van der Waals surface area contributed by atoms with E-state index >= 15 is 0 Å². The highest BCUT2D eigenvalue weighted by molar-refractivity contribution is 7.99. The van der Waals surface area contributed by atoms with E-state index in [1.807, 2.05) is 26.8 Å². The maximum atomic E-state index is 11.6. The van der Waals surface area contributed by atoms with E-state index in [-0.39, 0.29) is 11.7 Å². The van der Waals surface area contributed by atoms with Gasteiger partial charge in [-0.15, -0.1) is 10.2 Å². The number of aryl methyl sites for hydroxylation is 2. The second-order valence-corrected chi connectivity index (χ2v) is 5.57. The van der Waals surface area contributed by atoms with E-state index in [0.29, 0.717) is 17.6 Å². The van der Waals surface area contributed by atoms with Gasteiger partial charge in [-0.3, -0.25) is 4.79 Å². The Hall–Kier alpha value is -2.03. The molecule has 2 rings (SSSR count). The Bertz CT molecular complexity index is 634. The van der Waals surface area contributed by atoms with Gasteiger partial charge < -0.3 is 11.2 Å². The number of hydrogen-bond acceptors (Lipinski definition) is 6. The van der Waals surface area contributed by atoms with Crippen molar-refractivity contribution in [1.29, 1.82) is 0 Å². The van der Waals surface area contributed by atoms with Crippen LogP contribution in [0.25, 0.3) is 5.95 Å². The lowest BCUT2D eigenvalue weighted by Gasteiger charge is -2.05. The Morgan fingerprint density at radius 1 is 1.43 bits per heavy atom. The summed E-state index contributed by atoms with van der Waals surface area (Å²) < 4.78 is 2.97. The molecule has 0 saturated heterocycles. The first-order valence-electron chi connectivity index (χ1n) is 6.66. The fourth-order valence-electron chi connectivity index (χ4n) is 1.79. The Kier molecular flexibility index (Phi) is 4.84. The summed E-state index contributed by atoms with van der Waals surface area (Å²) in [5.74, 6) is 6.62. The molecule has 0 fully saturated rings. The number of nitrogen functional groups attached to an aromatic ring is 1. The summed E-state index contributed by atoms with van der Waals surface area (Å²) in [7, 11) is 0. The van der Waals surface area contributed by atoms with Gasteiger partial charge in [-0.2, -0.15) is 5.10 Å². The molecule has 0 bridgehead atoms. The smallest absolute Gasteiger partial charge is 0.271 e. The van der Waals surface area contributed by atoms with E-state index in [0.717, 1.165) is 17.8 Å². The van der Waals surface area contributed by atoms with Crippen molar-refractivity contribution >= 4 is 17.7 Å². The Balaban J connectivity index is 2.07. The van der Waals surface area contributed by atoms with E-state index in [9.17, 15) is 4.79 Å². The largest absolute Gasteiger partial charge is 0.355 e. The van der Waals surface area contributed by atoms with Crippen LogP contribution in [-0.2, 0) is 4.79 Å². The number of hydrogen-bond donors (Lipinski definition) is 2. The molecule has 0 unspecified atom stereocenters. The molecule has 0 saturated carbocycles. The molecule has 21 heavy (non-hydrogen) atoms. The van der Waals surface area contributed by atoms with Crippen molar-refractivity contribution in [1.82, 2.24) is 30.0 Å². The minimum atomic E-state index is -0.0440. The van der Waals surface area contributed by atoms with Gasteiger partial charge in [0.05, 0.1) is 11.4 Å². The number of nitrogens with two attached hydrogens (primary N) is 1. The fraction of sp³-hybridized carbons (Fsp3) is 0.500. The predicted octanol–water partition coefficient (Wildman–Crippen LogP) is 0.413. The number of rotatable bonds is 6. The van der Waals surface area contributed by atoms with Gasteiger partial charge in [-0.05, 0) is 26.3 Å². The van der Waals surface area contributed by atoms with Crippen molar-refractivity contribution in [2.24, 2.45) is 0 Å². The van der Waals surface area contributed by atoms with Crippen LogP contribution in [0.5, 0.6) is 0 Å². The first-order valence-corrected chi connectivity index (χ1v) is 7.65. The molecule has 8 nitrogen and oxygen atoms in total. The minimum absolute atomic E-state index is 0.0440. The van der Waals surface area contributed by atoms with E-state index in [1.165, 1.54) is 16.4 Å². The van der Waals surface area contributed by atoms with Crippen LogP contribution in [0.1, 0.15) is 24.7 Å². The van der Waals surface area contributed by atoms with Crippen LogP contribution in [0.3, 0.4) is 0 Å². The number of nitrogens with zero attached hydrogens (tertiary/aromatic N) is 5. The number of carbonyl (C=O) groups is 1. The zero-order chi connectivity index (χ0) is 15.4. The Morgan fingerprint density at radius 2 is 2.19 bits per heavy atom. The van der Waals surface area contributed by atoms with E-state index in [2.05, 4.69) is 20.6 Å². The van der Waals surface area contributed by atoms with E-state index in [1.54, 1.807) is 4.68 Å². The summed E-state index contributed by atoms with van der Waals surface area (Å²) in [6.45, 7) is 6.49. The Labute approximate surface area is 127 Å². The fourth-order valence-corrected chi connectivity index (χ4v) is 2.47. The van der Waals surface area contributed by atoms with Crippen LogP contribution in [0.15, 0.2) is 11.2 Å². The predicted molar refractivity (Wildman–Crippen MR) is 80.8 cm³/mol. The maximum absolute atomic E-state index is 11.6. The summed E-state index contributed by atoms with van der Waals surface area (Å²) in [5, 5.41) is 15.6. The zero-order valence-corrected chi connectivity index (χ0v) is 13.1. The third kappa shape index (κ3) is 3.54. The highest BCUT2D eigenvalue weighted by Crippen LogP contribution is 2.17. The second-order valence-electron chi connectivity index (χ2n) is 4.63. The van der Waals surface area contributed by atoms with Crippen molar-refractivity contribution in [2.75, 3.05) is 18.1 Å². The van der Waals surface area contributed by atoms with E-state index in [4.69, 9.17) is 5.84 Å². The third-order valence-electron chi connectivity index (χ3n) is 2.75. The normalized spacial score (nSPS) is 10.8. The average molecular weight is 309 g/mol. The lowest BCUT2D eigenvalue weighted by molar-refractivity contribution is -0.118. The highest BCUT2D eigenvalue weighted by Gasteiger charge is 2.15. The van der Waals surface area contributed by atoms with Gasteiger partial charge >= 0.3 is 0 Å². The second kappa shape index (κ2) is 6.61. The van der Waals surface area contributed by atoms with Crippen LogP contribution >= 0.6 is 11.8 Å². The maximum Gasteiger partial charge on any atom is 0.271 e. The molecule has 0 aliphatic heterocycles. The molecule has 0 radical (unpaired) electrons. The lowest BCUT2D eigenvalue weighted by atomic mass is 10.4. The van der Waals surface area contributed by atoms with Crippen LogP contribution in [0.4, 0.5) is 0 Å².